The standard InChI is InChI=1S/C27H34N6O4S/c1-4-37-20-19-32-15-17-33(18-16-32)26(34)22-5-9-23(10-6-22)29-27-28-14-13-25(30-27)21-7-11-24(12-8-21)38(35,36)31(2)3/h5-14H,4,15-20H2,1-3H3,(H,28,29,30). The molecule has 1 amide bonds. The van der Waals surface area contributed by atoms with Crippen molar-refractivity contribution in [1.82, 2.24) is 24.1 Å². The fourth-order valence-corrected chi connectivity index (χ4v) is 5.01. The number of nitrogens with one attached hydrogen (secondary N) is 1. The molecule has 0 bridgehead atoms. The van der Waals surface area contributed by atoms with Gasteiger partial charge in [0.05, 0.1) is 17.2 Å². The molecular weight excluding hydrogens is 504 g/mol. The Morgan fingerprint density at radius 1 is 1.00 bits per heavy atom. The fraction of sp³-hybridized carbons (Fsp3) is 0.370. The summed E-state index contributed by atoms with van der Waals surface area (Å²) >= 11 is 0. The lowest BCUT2D eigenvalue weighted by molar-refractivity contribution is 0.0565. The van der Waals surface area contributed by atoms with Crippen molar-refractivity contribution in [2.75, 3.05) is 65.3 Å². The van der Waals surface area contributed by atoms with E-state index < -0.39 is 10.0 Å². The van der Waals surface area contributed by atoms with Crippen LogP contribution in [0.25, 0.3) is 11.3 Å². The average molecular weight is 539 g/mol. The van der Waals surface area contributed by atoms with E-state index in [1.807, 2.05) is 24.0 Å². The predicted octanol–water partition coefficient (Wildman–Crippen LogP) is 2.93. The summed E-state index contributed by atoms with van der Waals surface area (Å²) in [7, 11) is -0.493. The van der Waals surface area contributed by atoms with E-state index >= 15 is 0 Å². The van der Waals surface area contributed by atoms with E-state index in [0.717, 1.165) is 44.1 Å². The number of hydrogen-bond acceptors (Lipinski definition) is 8. The Morgan fingerprint density at radius 2 is 1.68 bits per heavy atom. The maximum absolute atomic E-state index is 13.0. The largest absolute Gasteiger partial charge is 0.380 e. The maximum atomic E-state index is 13.0. The smallest absolute Gasteiger partial charge is 0.253 e. The van der Waals surface area contributed by atoms with Gasteiger partial charge >= 0.3 is 0 Å². The monoisotopic (exact) mass is 538 g/mol. The van der Waals surface area contributed by atoms with Gasteiger partial charge in [-0.3, -0.25) is 9.69 Å². The molecule has 11 heteroatoms. The highest BCUT2D eigenvalue weighted by atomic mass is 32.2. The Morgan fingerprint density at radius 3 is 2.32 bits per heavy atom. The van der Waals surface area contributed by atoms with Crippen molar-refractivity contribution in [2.24, 2.45) is 0 Å². The summed E-state index contributed by atoms with van der Waals surface area (Å²) in [5.41, 5.74) is 2.82. The average Bonchev–Trinajstić information content (AvgIpc) is 2.94. The number of anilines is 2. The second-order valence-corrected chi connectivity index (χ2v) is 11.3. The molecule has 10 nitrogen and oxygen atoms in total. The predicted molar refractivity (Wildman–Crippen MR) is 147 cm³/mol. The number of piperazine rings is 1. The van der Waals surface area contributed by atoms with Crippen molar-refractivity contribution in [3.8, 4) is 11.3 Å². The van der Waals surface area contributed by atoms with Gasteiger partial charge in [0.15, 0.2) is 0 Å². The molecule has 0 unspecified atom stereocenters. The third-order valence-electron chi connectivity index (χ3n) is 6.39. The van der Waals surface area contributed by atoms with Gasteiger partial charge in [0.25, 0.3) is 5.91 Å². The van der Waals surface area contributed by atoms with Crippen molar-refractivity contribution in [3.63, 3.8) is 0 Å². The van der Waals surface area contributed by atoms with Crippen LogP contribution in [0, 0.1) is 0 Å². The summed E-state index contributed by atoms with van der Waals surface area (Å²) < 4.78 is 31.2. The SMILES string of the molecule is CCOCCN1CCN(C(=O)c2ccc(Nc3nccc(-c4ccc(S(=O)(=O)N(C)C)cc4)n3)cc2)CC1. The zero-order valence-corrected chi connectivity index (χ0v) is 22.8. The van der Waals surface area contributed by atoms with Crippen molar-refractivity contribution in [3.05, 3.63) is 66.4 Å². The minimum atomic E-state index is -3.49. The highest BCUT2D eigenvalue weighted by Gasteiger charge is 2.22. The number of nitrogens with zero attached hydrogens (tertiary/aromatic N) is 5. The van der Waals surface area contributed by atoms with Gasteiger partial charge in [-0.2, -0.15) is 0 Å². The van der Waals surface area contributed by atoms with Crippen molar-refractivity contribution >= 4 is 27.6 Å². The van der Waals surface area contributed by atoms with Gasteiger partial charge < -0.3 is 15.0 Å². The number of hydrogen-bond donors (Lipinski definition) is 1. The molecule has 2 aromatic carbocycles. The number of rotatable bonds is 10. The quantitative estimate of drug-likeness (QED) is 0.393. The second-order valence-electron chi connectivity index (χ2n) is 9.11. The second kappa shape index (κ2) is 12.4. The molecule has 38 heavy (non-hydrogen) atoms. The molecule has 1 saturated heterocycles. The molecule has 1 aliphatic rings. The molecule has 0 atom stereocenters. The zero-order chi connectivity index (χ0) is 27.1. The van der Waals surface area contributed by atoms with Crippen molar-refractivity contribution < 1.29 is 17.9 Å². The lowest BCUT2D eigenvalue weighted by Gasteiger charge is -2.34. The molecule has 2 heterocycles. The number of benzene rings is 2. The number of amides is 1. The van der Waals surface area contributed by atoms with Gasteiger partial charge in [0.2, 0.25) is 16.0 Å². The van der Waals surface area contributed by atoms with Gasteiger partial charge in [0, 0.05) is 76.4 Å². The third kappa shape index (κ3) is 6.73. The van der Waals surface area contributed by atoms with E-state index in [0.29, 0.717) is 30.3 Å². The van der Waals surface area contributed by atoms with Gasteiger partial charge in [-0.1, -0.05) is 12.1 Å². The lowest BCUT2D eigenvalue weighted by Crippen LogP contribution is -2.49. The maximum Gasteiger partial charge on any atom is 0.253 e. The van der Waals surface area contributed by atoms with Crippen LogP contribution in [-0.2, 0) is 14.8 Å². The minimum Gasteiger partial charge on any atom is -0.380 e. The van der Waals surface area contributed by atoms with Crippen LogP contribution in [0.2, 0.25) is 0 Å². The Balaban J connectivity index is 1.36. The van der Waals surface area contributed by atoms with E-state index in [-0.39, 0.29) is 10.8 Å². The number of sulfonamides is 1. The summed E-state index contributed by atoms with van der Waals surface area (Å²) in [4.78, 5) is 26.2. The van der Waals surface area contributed by atoms with E-state index in [1.54, 1.807) is 48.7 Å². The highest BCUT2D eigenvalue weighted by molar-refractivity contribution is 7.89. The van der Waals surface area contributed by atoms with Crippen LogP contribution in [0.5, 0.6) is 0 Å². The third-order valence-corrected chi connectivity index (χ3v) is 8.22. The molecule has 1 fully saturated rings. The van der Waals surface area contributed by atoms with Gasteiger partial charge in [0.1, 0.15) is 0 Å². The summed E-state index contributed by atoms with van der Waals surface area (Å²) in [5, 5.41) is 3.17. The molecule has 202 valence electrons. The fourth-order valence-electron chi connectivity index (χ4n) is 4.11. The summed E-state index contributed by atoms with van der Waals surface area (Å²) in [5.74, 6) is 0.425. The van der Waals surface area contributed by atoms with Crippen LogP contribution >= 0.6 is 0 Å². The van der Waals surface area contributed by atoms with Gasteiger partial charge in [-0.25, -0.2) is 22.7 Å². The Hall–Kier alpha value is -3.38. The number of ether oxygens (including phenoxy) is 1. The Bertz CT molecular complexity index is 1320. The number of carbonyl (C=O) groups is 1. The van der Waals surface area contributed by atoms with Gasteiger partial charge in [-0.15, -0.1) is 0 Å². The topological polar surface area (TPSA) is 108 Å². The first-order valence-electron chi connectivity index (χ1n) is 12.6. The molecule has 0 aliphatic carbocycles. The van der Waals surface area contributed by atoms with Crippen molar-refractivity contribution in [2.45, 2.75) is 11.8 Å². The van der Waals surface area contributed by atoms with E-state index in [9.17, 15) is 13.2 Å². The molecular formula is C27H34N6O4S. The highest BCUT2D eigenvalue weighted by Crippen LogP contribution is 2.23. The normalized spacial score (nSPS) is 14.6. The van der Waals surface area contributed by atoms with Crippen LogP contribution in [0.4, 0.5) is 11.6 Å². The van der Waals surface area contributed by atoms with Crippen LogP contribution in [0.1, 0.15) is 17.3 Å². The Labute approximate surface area is 224 Å². The first kappa shape index (κ1) is 27.6. The van der Waals surface area contributed by atoms with E-state index in [4.69, 9.17) is 4.74 Å². The van der Waals surface area contributed by atoms with Crippen LogP contribution in [-0.4, -0.2) is 98.4 Å². The van der Waals surface area contributed by atoms with Crippen LogP contribution < -0.4 is 5.32 Å². The summed E-state index contributed by atoms with van der Waals surface area (Å²) in [6.45, 7) is 7.43. The lowest BCUT2D eigenvalue weighted by atomic mass is 10.1. The van der Waals surface area contributed by atoms with Gasteiger partial charge in [-0.05, 0) is 49.4 Å². The Kier molecular flexibility index (Phi) is 9.05. The number of aromatic nitrogens is 2. The molecule has 0 saturated carbocycles. The minimum absolute atomic E-state index is 0.0268. The molecule has 3 aromatic rings. The molecule has 1 aliphatic heterocycles. The molecule has 1 N–H and O–H groups in total. The van der Waals surface area contributed by atoms with Crippen molar-refractivity contribution in [1.29, 1.82) is 0 Å². The summed E-state index contributed by atoms with van der Waals surface area (Å²) in [6, 6.07) is 15.6. The zero-order valence-electron chi connectivity index (χ0n) is 22.0. The van der Waals surface area contributed by atoms with E-state index in [1.165, 1.54) is 18.4 Å². The molecule has 0 spiro atoms. The summed E-state index contributed by atoms with van der Waals surface area (Å²) in [6.07, 6.45) is 1.64. The van der Waals surface area contributed by atoms with E-state index in [2.05, 4.69) is 20.2 Å². The molecule has 4 rings (SSSR count). The van der Waals surface area contributed by atoms with Crippen LogP contribution in [0.3, 0.4) is 0 Å². The first-order valence-corrected chi connectivity index (χ1v) is 14.0. The number of carbonyl (C=O) groups excluding carboxylic acids is 1. The van der Waals surface area contributed by atoms with Crippen LogP contribution in [0.15, 0.2) is 65.7 Å². The molecule has 0 radical (unpaired) electrons. The molecule has 1 aromatic heterocycles. The first-order chi connectivity index (χ1) is 18.3.